The molecule has 0 saturated carbocycles. The first-order valence-electron chi connectivity index (χ1n) is 5.51. The summed E-state index contributed by atoms with van der Waals surface area (Å²) in [5, 5.41) is 9.44. The van der Waals surface area contributed by atoms with E-state index in [9.17, 15) is 8.78 Å². The molecule has 0 N–H and O–H groups in total. The van der Waals surface area contributed by atoms with E-state index in [1.807, 2.05) is 6.92 Å². The summed E-state index contributed by atoms with van der Waals surface area (Å²) in [6, 6.07) is 3.85. The first-order valence-corrected chi connectivity index (χ1v) is 7.24. The summed E-state index contributed by atoms with van der Waals surface area (Å²) in [4.78, 5) is 0.147. The Bertz CT molecular complexity index is 524. The van der Waals surface area contributed by atoms with Crippen LogP contribution in [-0.4, -0.2) is 10.2 Å². The van der Waals surface area contributed by atoms with Crippen LogP contribution < -0.4 is 0 Å². The lowest BCUT2D eigenvalue weighted by Crippen LogP contribution is -1.96. The van der Waals surface area contributed by atoms with Crippen molar-refractivity contribution in [2.24, 2.45) is 0 Å². The summed E-state index contributed by atoms with van der Waals surface area (Å²) in [6.45, 7) is 2.02. The van der Waals surface area contributed by atoms with Gasteiger partial charge in [-0.1, -0.05) is 40.3 Å². The zero-order valence-electron chi connectivity index (χ0n) is 9.66. The summed E-state index contributed by atoms with van der Waals surface area (Å²) in [5.41, 5.74) is 0.0443. The van der Waals surface area contributed by atoms with Crippen molar-refractivity contribution >= 4 is 27.3 Å². The minimum absolute atomic E-state index is 0.0443. The molecule has 0 aliphatic carbocycles. The van der Waals surface area contributed by atoms with E-state index in [1.165, 1.54) is 29.5 Å². The lowest BCUT2D eigenvalue weighted by Gasteiger charge is -2.01. The predicted molar refractivity (Wildman–Crippen MR) is 71.0 cm³/mol. The summed E-state index contributed by atoms with van der Waals surface area (Å²) >= 11 is 4.85. The maximum Gasteiger partial charge on any atom is 0.131 e. The highest BCUT2D eigenvalue weighted by atomic mass is 79.9. The van der Waals surface area contributed by atoms with Crippen molar-refractivity contribution in [3.05, 3.63) is 45.4 Å². The molecule has 0 amide bonds. The second-order valence-corrected chi connectivity index (χ2v) is 5.99. The number of hydrogen-bond acceptors (Lipinski definition) is 3. The molecule has 1 atom stereocenters. The van der Waals surface area contributed by atoms with Gasteiger partial charge in [0.25, 0.3) is 0 Å². The van der Waals surface area contributed by atoms with E-state index in [2.05, 4.69) is 26.1 Å². The second-order valence-electron chi connectivity index (χ2n) is 3.79. The van der Waals surface area contributed by atoms with Crippen molar-refractivity contribution in [2.45, 2.75) is 24.6 Å². The molecule has 1 unspecified atom stereocenters. The zero-order valence-corrected chi connectivity index (χ0v) is 12.1. The molecule has 96 valence electrons. The molecule has 1 aromatic heterocycles. The van der Waals surface area contributed by atoms with E-state index in [0.717, 1.165) is 11.4 Å². The van der Waals surface area contributed by atoms with Crippen molar-refractivity contribution in [3.63, 3.8) is 0 Å². The molecule has 18 heavy (non-hydrogen) atoms. The monoisotopic (exact) mass is 332 g/mol. The lowest BCUT2D eigenvalue weighted by atomic mass is 10.1. The van der Waals surface area contributed by atoms with E-state index in [0.29, 0.717) is 5.01 Å². The van der Waals surface area contributed by atoms with Gasteiger partial charge in [0.05, 0.1) is 4.83 Å². The van der Waals surface area contributed by atoms with Gasteiger partial charge in [0, 0.05) is 12.0 Å². The minimum atomic E-state index is -0.544. The molecule has 0 aliphatic heterocycles. The molecule has 6 heteroatoms. The topological polar surface area (TPSA) is 25.8 Å². The Labute approximate surface area is 116 Å². The van der Waals surface area contributed by atoms with Crippen LogP contribution in [0.3, 0.4) is 0 Å². The van der Waals surface area contributed by atoms with Crippen LogP contribution >= 0.6 is 27.3 Å². The predicted octanol–water partition coefficient (Wildman–Crippen LogP) is 4.25. The Morgan fingerprint density at radius 3 is 2.56 bits per heavy atom. The Morgan fingerprint density at radius 2 is 1.94 bits per heavy atom. The number of halogens is 3. The molecule has 0 fully saturated rings. The quantitative estimate of drug-likeness (QED) is 0.782. The van der Waals surface area contributed by atoms with Crippen molar-refractivity contribution in [1.29, 1.82) is 0 Å². The average Bonchev–Trinajstić information content (AvgIpc) is 2.81. The number of rotatable bonds is 4. The lowest BCUT2D eigenvalue weighted by molar-refractivity contribution is 0.561. The molecule has 2 rings (SSSR count). The zero-order chi connectivity index (χ0) is 13.1. The first-order chi connectivity index (χ1) is 8.61. The SMILES string of the molecule is CCC(Br)c1nnc(Cc2c(F)cccc2F)s1. The van der Waals surface area contributed by atoms with Gasteiger partial charge in [0.2, 0.25) is 0 Å². The van der Waals surface area contributed by atoms with Crippen LogP contribution in [0.15, 0.2) is 18.2 Å². The van der Waals surface area contributed by atoms with Crippen molar-refractivity contribution in [3.8, 4) is 0 Å². The molecule has 2 aromatic rings. The molecule has 0 radical (unpaired) electrons. The Hall–Kier alpha value is -0.880. The number of aromatic nitrogens is 2. The third-order valence-electron chi connectivity index (χ3n) is 2.50. The molecule has 1 aromatic carbocycles. The van der Waals surface area contributed by atoms with Gasteiger partial charge in [-0.15, -0.1) is 10.2 Å². The number of alkyl halides is 1. The molecular weight excluding hydrogens is 322 g/mol. The normalized spacial score (nSPS) is 12.7. The van der Waals surface area contributed by atoms with Crippen LogP contribution in [0.5, 0.6) is 0 Å². The molecule has 0 spiro atoms. The van der Waals surface area contributed by atoms with Gasteiger partial charge in [-0.05, 0) is 18.6 Å². The molecule has 0 aliphatic rings. The van der Waals surface area contributed by atoms with Crippen LogP contribution in [0.25, 0.3) is 0 Å². The minimum Gasteiger partial charge on any atom is -0.207 e. The van der Waals surface area contributed by atoms with Gasteiger partial charge >= 0.3 is 0 Å². The molecule has 0 bridgehead atoms. The Kier molecular flexibility index (Phi) is 4.40. The van der Waals surface area contributed by atoms with Gasteiger partial charge in [-0.3, -0.25) is 0 Å². The molecule has 0 saturated heterocycles. The summed E-state index contributed by atoms with van der Waals surface area (Å²) in [7, 11) is 0. The molecular formula is C12H11BrF2N2S. The number of hydrogen-bond donors (Lipinski definition) is 0. The van der Waals surface area contributed by atoms with Crippen LogP contribution in [0.2, 0.25) is 0 Å². The van der Waals surface area contributed by atoms with Gasteiger partial charge in [-0.25, -0.2) is 8.78 Å². The summed E-state index contributed by atoms with van der Waals surface area (Å²) in [5.74, 6) is -1.09. The fraction of sp³-hybridized carbons (Fsp3) is 0.333. The fourth-order valence-electron chi connectivity index (χ4n) is 1.49. The van der Waals surface area contributed by atoms with Crippen LogP contribution in [-0.2, 0) is 6.42 Å². The van der Waals surface area contributed by atoms with Gasteiger partial charge in [0.1, 0.15) is 21.6 Å². The van der Waals surface area contributed by atoms with E-state index >= 15 is 0 Å². The van der Waals surface area contributed by atoms with Crippen LogP contribution in [0.4, 0.5) is 8.78 Å². The average molecular weight is 333 g/mol. The van der Waals surface area contributed by atoms with Gasteiger partial charge in [0.15, 0.2) is 0 Å². The van der Waals surface area contributed by atoms with Crippen LogP contribution in [0.1, 0.15) is 33.8 Å². The largest absolute Gasteiger partial charge is 0.207 e. The standard InChI is InChI=1S/C12H11BrF2N2S/c1-2-8(13)12-17-16-11(18-12)6-7-9(14)4-3-5-10(7)15/h3-5,8H,2,6H2,1H3. The maximum atomic E-state index is 13.5. The third kappa shape index (κ3) is 2.92. The van der Waals surface area contributed by atoms with E-state index in [4.69, 9.17) is 0 Å². The number of benzene rings is 1. The highest BCUT2D eigenvalue weighted by molar-refractivity contribution is 9.09. The van der Waals surface area contributed by atoms with Gasteiger partial charge in [-0.2, -0.15) is 0 Å². The summed E-state index contributed by atoms with van der Waals surface area (Å²) in [6.07, 6.45) is 1.03. The van der Waals surface area contributed by atoms with Crippen molar-refractivity contribution in [2.75, 3.05) is 0 Å². The highest BCUT2D eigenvalue weighted by Gasteiger charge is 2.15. The van der Waals surface area contributed by atoms with E-state index in [1.54, 1.807) is 0 Å². The molecule has 1 heterocycles. The smallest absolute Gasteiger partial charge is 0.131 e. The highest BCUT2D eigenvalue weighted by Crippen LogP contribution is 2.29. The van der Waals surface area contributed by atoms with E-state index in [-0.39, 0.29) is 16.8 Å². The van der Waals surface area contributed by atoms with Gasteiger partial charge < -0.3 is 0 Å². The van der Waals surface area contributed by atoms with Crippen molar-refractivity contribution in [1.82, 2.24) is 10.2 Å². The van der Waals surface area contributed by atoms with Crippen molar-refractivity contribution < 1.29 is 8.78 Å². The Balaban J connectivity index is 2.21. The third-order valence-corrected chi connectivity index (χ3v) is 4.92. The first kappa shape index (κ1) is 13.5. The molecule has 2 nitrogen and oxygen atoms in total. The van der Waals surface area contributed by atoms with Crippen LogP contribution in [0, 0.1) is 11.6 Å². The second kappa shape index (κ2) is 5.84. The number of nitrogens with zero attached hydrogens (tertiary/aromatic N) is 2. The fourth-order valence-corrected chi connectivity index (χ4v) is 2.78. The summed E-state index contributed by atoms with van der Waals surface area (Å²) < 4.78 is 26.9. The van der Waals surface area contributed by atoms with E-state index < -0.39 is 11.6 Å². The Morgan fingerprint density at radius 1 is 1.28 bits per heavy atom. The maximum absolute atomic E-state index is 13.5.